The molecule has 0 saturated carbocycles. The molecule has 0 spiro atoms. The quantitative estimate of drug-likeness (QED) is 0.135. The van der Waals surface area contributed by atoms with Crippen molar-refractivity contribution >= 4 is 17.7 Å². The van der Waals surface area contributed by atoms with Gasteiger partial charge in [0.15, 0.2) is 0 Å². The van der Waals surface area contributed by atoms with Gasteiger partial charge < -0.3 is 14.9 Å². The van der Waals surface area contributed by atoms with Crippen molar-refractivity contribution in [1.82, 2.24) is 0 Å². The van der Waals surface area contributed by atoms with E-state index in [0.29, 0.717) is 17.9 Å². The van der Waals surface area contributed by atoms with Crippen LogP contribution in [0, 0.1) is 29.6 Å². The first kappa shape index (κ1) is 34.0. The van der Waals surface area contributed by atoms with E-state index in [0.717, 1.165) is 24.5 Å². The minimum atomic E-state index is -1.01. The normalized spacial score (nSPS) is 23.0. The molecule has 0 unspecified atom stereocenters. The van der Waals surface area contributed by atoms with E-state index >= 15 is 0 Å². The van der Waals surface area contributed by atoms with Crippen molar-refractivity contribution in [2.45, 2.75) is 86.9 Å². The average Bonchev–Trinajstić information content (AvgIpc) is 2.86. The van der Waals surface area contributed by atoms with Crippen LogP contribution in [0.1, 0.15) is 74.7 Å². The monoisotopic (exact) mass is 540 g/mol. The lowest BCUT2D eigenvalue weighted by Crippen LogP contribution is -2.34. The number of ketones is 1. The molecular weight excluding hydrogens is 492 g/mol. The number of rotatable bonds is 15. The highest BCUT2D eigenvalue weighted by molar-refractivity contribution is 5.85. The van der Waals surface area contributed by atoms with Gasteiger partial charge in [-0.2, -0.15) is 0 Å². The molecule has 0 aromatic rings. The lowest BCUT2D eigenvalue weighted by molar-refractivity contribution is -0.143. The van der Waals surface area contributed by atoms with Gasteiger partial charge in [0.25, 0.3) is 0 Å². The van der Waals surface area contributed by atoms with E-state index in [1.165, 1.54) is 11.6 Å². The lowest BCUT2D eigenvalue weighted by Gasteiger charge is -2.25. The number of carbonyl (C=O) groups excluding carboxylic acids is 2. The van der Waals surface area contributed by atoms with Crippen molar-refractivity contribution in [3.8, 4) is 0 Å². The first-order valence-corrected chi connectivity index (χ1v) is 14.0. The van der Waals surface area contributed by atoms with Gasteiger partial charge in [0, 0.05) is 29.9 Å². The fourth-order valence-electron chi connectivity index (χ4n) is 4.75. The van der Waals surface area contributed by atoms with Crippen molar-refractivity contribution in [1.29, 1.82) is 0 Å². The number of carbonyl (C=O) groups is 3. The molecule has 0 amide bonds. The predicted molar refractivity (Wildman–Crippen MR) is 157 cm³/mol. The van der Waals surface area contributed by atoms with Crippen molar-refractivity contribution in [2.24, 2.45) is 29.6 Å². The summed E-state index contributed by atoms with van der Waals surface area (Å²) in [6.45, 7) is 15.4. The molecule has 216 valence electrons. The first-order valence-electron chi connectivity index (χ1n) is 14.0. The van der Waals surface area contributed by atoms with Crippen LogP contribution >= 0.6 is 0 Å². The highest BCUT2D eigenvalue weighted by Gasteiger charge is 2.29. The summed E-state index contributed by atoms with van der Waals surface area (Å²) in [7, 11) is 0. The molecular formula is C33H48O6. The molecule has 6 nitrogen and oxygen atoms in total. The third-order valence-corrected chi connectivity index (χ3v) is 7.12. The van der Waals surface area contributed by atoms with Crippen LogP contribution in [0.15, 0.2) is 71.4 Å². The Labute approximate surface area is 234 Å². The van der Waals surface area contributed by atoms with Gasteiger partial charge in [-0.1, -0.05) is 94.7 Å². The van der Waals surface area contributed by atoms with Gasteiger partial charge in [-0.3, -0.25) is 4.79 Å². The molecule has 39 heavy (non-hydrogen) atoms. The lowest BCUT2D eigenvalue weighted by atomic mass is 9.83. The summed E-state index contributed by atoms with van der Waals surface area (Å²) in [6, 6.07) is 0. The van der Waals surface area contributed by atoms with E-state index in [-0.39, 0.29) is 35.6 Å². The second-order valence-corrected chi connectivity index (χ2v) is 11.1. The molecule has 0 bridgehead atoms. The van der Waals surface area contributed by atoms with Crippen molar-refractivity contribution < 1.29 is 29.3 Å². The largest absolute Gasteiger partial charge is 0.478 e. The van der Waals surface area contributed by atoms with E-state index in [9.17, 15) is 19.5 Å². The average molecular weight is 541 g/mol. The molecule has 1 heterocycles. The standard InChI is InChI=1S/C33H48O6/c1-9-28(14-15-29-24(5)13-16-31(36)39-29)19-22(3)12-10-11-21(2)17-25(6)32(37)27(8)33(38)26(7)18-23(4)20-30(34)35/h10-11,13-17,19-20,22,24-27,29,33,38H,9,12,18H2,1-8H3,(H,34,35)/b11-10+,15-14?,21-17+,23-20+,28-19?/t22-,24+,25-,26+,27-,29+,33-/m1/s1. The SMILES string of the molecule is CCC(C=C[C@@H]1OC(=O)C=C[C@@H]1C)=C[C@H](C)C/C=C/C(C)=C/[C@@H](C)C(=O)[C@@H](C)[C@H](O)[C@@H](C)C/C(C)=C/C(=O)O. The first-order chi connectivity index (χ1) is 18.2. The molecule has 0 fully saturated rings. The Morgan fingerprint density at radius 1 is 1.10 bits per heavy atom. The van der Waals surface area contributed by atoms with Gasteiger partial charge >= 0.3 is 11.9 Å². The molecule has 1 aliphatic rings. The zero-order valence-electron chi connectivity index (χ0n) is 24.9. The van der Waals surface area contributed by atoms with E-state index in [4.69, 9.17) is 9.84 Å². The zero-order valence-corrected chi connectivity index (χ0v) is 24.9. The number of aliphatic hydroxyl groups is 1. The number of allylic oxidation sites excluding steroid dienone is 8. The number of Topliss-reactive ketones (excluding diaryl/α,β-unsaturated/α-hetero) is 1. The summed E-state index contributed by atoms with van der Waals surface area (Å²) < 4.78 is 5.39. The Hall–Kier alpha value is -2.99. The van der Waals surface area contributed by atoms with Crippen LogP contribution in [0.4, 0.5) is 0 Å². The number of aliphatic hydroxyl groups excluding tert-OH is 1. The topological polar surface area (TPSA) is 101 Å². The summed E-state index contributed by atoms with van der Waals surface area (Å²) >= 11 is 0. The van der Waals surface area contributed by atoms with Gasteiger partial charge in [0.2, 0.25) is 0 Å². The third-order valence-electron chi connectivity index (χ3n) is 7.12. The van der Waals surface area contributed by atoms with Gasteiger partial charge in [-0.15, -0.1) is 0 Å². The van der Waals surface area contributed by atoms with Gasteiger partial charge in [-0.25, -0.2) is 9.59 Å². The van der Waals surface area contributed by atoms with Crippen LogP contribution in [0.2, 0.25) is 0 Å². The molecule has 7 atom stereocenters. The maximum absolute atomic E-state index is 13.0. The molecule has 0 aromatic heterocycles. The fourth-order valence-corrected chi connectivity index (χ4v) is 4.75. The van der Waals surface area contributed by atoms with Crippen LogP contribution in [0.3, 0.4) is 0 Å². The highest BCUT2D eigenvalue weighted by Crippen LogP contribution is 2.24. The summed E-state index contributed by atoms with van der Waals surface area (Å²) in [4.78, 5) is 35.3. The van der Waals surface area contributed by atoms with Crippen LogP contribution in [0.5, 0.6) is 0 Å². The number of carboxylic acids is 1. The zero-order chi connectivity index (χ0) is 29.7. The maximum Gasteiger partial charge on any atom is 0.331 e. The summed E-state index contributed by atoms with van der Waals surface area (Å²) in [5.74, 6) is -2.01. The Morgan fingerprint density at radius 3 is 2.38 bits per heavy atom. The second-order valence-electron chi connectivity index (χ2n) is 11.1. The Kier molecular flexibility index (Phi) is 14.7. The number of esters is 1. The van der Waals surface area contributed by atoms with Gasteiger partial charge in [0.1, 0.15) is 11.9 Å². The summed E-state index contributed by atoms with van der Waals surface area (Å²) in [5, 5.41) is 19.6. The van der Waals surface area contributed by atoms with E-state index in [1.54, 1.807) is 13.8 Å². The minimum absolute atomic E-state index is 0.0360. The number of carboxylic acid groups (broad SMARTS) is 1. The third kappa shape index (κ3) is 12.6. The molecule has 0 radical (unpaired) electrons. The Morgan fingerprint density at radius 2 is 1.77 bits per heavy atom. The number of ether oxygens (including phenoxy) is 1. The van der Waals surface area contributed by atoms with Gasteiger partial charge in [0.05, 0.1) is 6.10 Å². The molecule has 1 aliphatic heterocycles. The molecule has 1 rings (SSSR count). The summed E-state index contributed by atoms with van der Waals surface area (Å²) in [5.41, 5.74) is 2.84. The Bertz CT molecular complexity index is 1020. The Balaban J connectivity index is 2.69. The maximum atomic E-state index is 13.0. The summed E-state index contributed by atoms with van der Waals surface area (Å²) in [6.07, 6.45) is 17.8. The molecule has 0 aliphatic carbocycles. The number of aliphatic carboxylic acids is 1. The van der Waals surface area contributed by atoms with Crippen LogP contribution < -0.4 is 0 Å². The van der Waals surface area contributed by atoms with Crippen LogP contribution in [0.25, 0.3) is 0 Å². The van der Waals surface area contributed by atoms with Gasteiger partial charge in [-0.05, 0) is 51.0 Å². The van der Waals surface area contributed by atoms with E-state index in [1.807, 2.05) is 58.1 Å². The fraction of sp³-hybridized carbons (Fsp3) is 0.545. The smallest absolute Gasteiger partial charge is 0.331 e. The van der Waals surface area contributed by atoms with Crippen molar-refractivity contribution in [3.05, 3.63) is 71.4 Å². The van der Waals surface area contributed by atoms with E-state index < -0.39 is 18.0 Å². The molecule has 6 heteroatoms. The molecule has 2 N–H and O–H groups in total. The van der Waals surface area contributed by atoms with E-state index in [2.05, 4.69) is 26.0 Å². The number of hydrogen-bond acceptors (Lipinski definition) is 5. The predicted octanol–water partition coefficient (Wildman–Crippen LogP) is 6.78. The minimum Gasteiger partial charge on any atom is -0.478 e. The second kappa shape index (κ2) is 16.9. The van der Waals surface area contributed by atoms with Crippen LogP contribution in [-0.2, 0) is 19.1 Å². The van der Waals surface area contributed by atoms with Crippen molar-refractivity contribution in [3.63, 3.8) is 0 Å². The highest BCUT2D eigenvalue weighted by atomic mass is 16.5. The van der Waals surface area contributed by atoms with Crippen molar-refractivity contribution in [2.75, 3.05) is 0 Å². The number of hydrogen-bond donors (Lipinski definition) is 2. The molecule has 0 aromatic carbocycles. The molecule has 0 saturated heterocycles. The number of cyclic esters (lactones) is 1. The van der Waals surface area contributed by atoms with Crippen LogP contribution in [-0.4, -0.2) is 40.1 Å².